The Balaban J connectivity index is 0.873. The minimum atomic E-state index is -0.748. The molecular formula is C43H43N3O12. The number of ether oxygens (including phenoxy) is 8. The summed E-state index contributed by atoms with van der Waals surface area (Å²) in [6.07, 6.45) is -0.156. The van der Waals surface area contributed by atoms with Gasteiger partial charge in [-0.05, 0) is 120 Å². The standard InChI is InChI=1S/C43H43N3O12/c1-18-22(40(47)55-32-9-20-5-7-45(3)36(20)34-24-12-28-30(53-16-51-28)14-26(24)42(49)57-38(32)34)11-23(19(2)44-18)41(48)56-33-10-21-6-8-46(4)37(21)35-25-13-29-31(54-17-52-29)15-27(25)43(50)58-39(33)35/h11-15,20-21,32-39H,5-10,16-17H2,1-4H3/t20-,21-,32+,33+,34-,35-,36-,37+,38+,39+/m0/s1. The molecule has 2 saturated carbocycles. The van der Waals surface area contributed by atoms with E-state index in [4.69, 9.17) is 37.9 Å². The summed E-state index contributed by atoms with van der Waals surface area (Å²) in [7, 11) is 4.15. The number of aryl methyl sites for hydroxylation is 2. The monoisotopic (exact) mass is 793 g/mol. The van der Waals surface area contributed by atoms with Crippen molar-refractivity contribution in [2.45, 2.75) is 87.9 Å². The summed E-state index contributed by atoms with van der Waals surface area (Å²) in [6, 6.07) is 8.72. The first-order valence-electron chi connectivity index (χ1n) is 20.1. The van der Waals surface area contributed by atoms with E-state index in [1.54, 1.807) is 26.0 Å². The van der Waals surface area contributed by atoms with E-state index < -0.39 is 48.3 Å². The third-order valence-electron chi connectivity index (χ3n) is 14.0. The third-order valence-corrected chi connectivity index (χ3v) is 14.0. The number of pyridine rings is 1. The van der Waals surface area contributed by atoms with E-state index in [2.05, 4.69) is 28.9 Å². The summed E-state index contributed by atoms with van der Waals surface area (Å²) in [5, 5.41) is 0. The molecule has 6 aliphatic heterocycles. The van der Waals surface area contributed by atoms with Gasteiger partial charge in [0.25, 0.3) is 0 Å². The van der Waals surface area contributed by atoms with Crippen LogP contribution < -0.4 is 18.9 Å². The van der Waals surface area contributed by atoms with Gasteiger partial charge in [-0.3, -0.25) is 4.98 Å². The highest BCUT2D eigenvalue weighted by molar-refractivity contribution is 5.97. The molecule has 15 heteroatoms. The molecule has 0 bridgehead atoms. The number of nitrogens with zero attached hydrogens (tertiary/aromatic N) is 3. The van der Waals surface area contributed by atoms with Gasteiger partial charge < -0.3 is 47.7 Å². The van der Waals surface area contributed by atoms with E-state index in [0.717, 1.165) is 37.1 Å². The minimum Gasteiger partial charge on any atom is -0.455 e. The van der Waals surface area contributed by atoms with E-state index in [0.29, 0.717) is 58.4 Å². The zero-order valence-electron chi connectivity index (χ0n) is 32.6. The van der Waals surface area contributed by atoms with Gasteiger partial charge in [0.1, 0.15) is 24.4 Å². The average Bonchev–Trinajstić information content (AvgIpc) is 4.01. The largest absolute Gasteiger partial charge is 0.455 e. The maximum absolute atomic E-state index is 14.2. The zero-order chi connectivity index (χ0) is 39.7. The number of hydrogen-bond donors (Lipinski definition) is 0. The van der Waals surface area contributed by atoms with Crippen LogP contribution in [-0.4, -0.2) is 116 Å². The minimum absolute atomic E-state index is 0.0655. The Morgan fingerprint density at radius 2 is 1.05 bits per heavy atom. The number of aromatic nitrogens is 1. The second-order valence-corrected chi connectivity index (χ2v) is 17.0. The fraction of sp³-hybridized carbons (Fsp3) is 0.512. The van der Waals surface area contributed by atoms with Crippen LogP contribution in [0.15, 0.2) is 30.3 Å². The fourth-order valence-corrected chi connectivity index (χ4v) is 11.4. The predicted molar refractivity (Wildman–Crippen MR) is 199 cm³/mol. The van der Waals surface area contributed by atoms with E-state index >= 15 is 0 Å². The van der Waals surface area contributed by atoms with E-state index in [1.165, 1.54) is 6.07 Å². The summed E-state index contributed by atoms with van der Waals surface area (Å²) in [5.74, 6) is -0.394. The molecule has 2 aromatic carbocycles. The van der Waals surface area contributed by atoms with Crippen molar-refractivity contribution in [1.82, 2.24) is 14.8 Å². The van der Waals surface area contributed by atoms with Gasteiger partial charge in [0.2, 0.25) is 13.6 Å². The number of likely N-dealkylation sites (N-methyl/N-ethyl adjacent to an activating group) is 2. The molecule has 0 N–H and O–H groups in total. The van der Waals surface area contributed by atoms with Crippen LogP contribution in [0.5, 0.6) is 23.0 Å². The lowest BCUT2D eigenvalue weighted by atomic mass is 9.69. The lowest BCUT2D eigenvalue weighted by Gasteiger charge is -2.48. The molecule has 1 aromatic heterocycles. The van der Waals surface area contributed by atoms with Crippen LogP contribution in [0.25, 0.3) is 0 Å². The van der Waals surface area contributed by atoms with Gasteiger partial charge >= 0.3 is 23.9 Å². The molecule has 3 aromatic rings. The molecule has 7 heterocycles. The number of fused-ring (bicyclic) bond motifs is 12. The van der Waals surface area contributed by atoms with Gasteiger partial charge in [-0.1, -0.05) is 0 Å². The molecular weight excluding hydrogens is 750 g/mol. The highest BCUT2D eigenvalue weighted by Crippen LogP contribution is 2.53. The Bertz CT molecular complexity index is 2160. The average molecular weight is 794 g/mol. The molecule has 11 rings (SSSR count). The summed E-state index contributed by atoms with van der Waals surface area (Å²) in [4.78, 5) is 64.6. The first-order chi connectivity index (χ1) is 28.0. The zero-order valence-corrected chi connectivity index (χ0v) is 32.6. The first-order valence-corrected chi connectivity index (χ1v) is 20.1. The molecule has 0 unspecified atom stereocenters. The van der Waals surface area contributed by atoms with Crippen molar-refractivity contribution in [2.24, 2.45) is 11.8 Å². The Morgan fingerprint density at radius 1 is 0.638 bits per heavy atom. The second kappa shape index (κ2) is 13.0. The molecule has 4 fully saturated rings. The number of likely N-dealkylation sites (tertiary alicyclic amines) is 2. The van der Waals surface area contributed by atoms with E-state index in [9.17, 15) is 19.2 Å². The number of hydrogen-bond acceptors (Lipinski definition) is 15. The van der Waals surface area contributed by atoms with Crippen LogP contribution in [0.3, 0.4) is 0 Å². The van der Waals surface area contributed by atoms with Crippen LogP contribution >= 0.6 is 0 Å². The summed E-state index contributed by atoms with van der Waals surface area (Å²) in [6.45, 7) is 5.24. The Kier molecular flexibility index (Phi) is 8.04. The SMILES string of the molecule is Cc1nc(C)c(C(=O)O[C@@H]2C[C@@H]3CCN(C)[C@@H]3[C@@H]3c4cc5c(cc4C(=O)O[C@@H]32)OCO5)cc1C(=O)O[C@@H]1C[C@@H]2CCN(C)[C@H]2[C@@H]2c3cc4c(cc3C(=O)O[C@@H]21)OCO4. The number of carbonyl (C=O) groups is 4. The molecule has 10 atom stereocenters. The van der Waals surface area contributed by atoms with Gasteiger partial charge in [0, 0.05) is 23.9 Å². The quantitative estimate of drug-likeness (QED) is 0.272. The van der Waals surface area contributed by atoms with Crippen molar-refractivity contribution in [3.8, 4) is 23.0 Å². The van der Waals surface area contributed by atoms with E-state index in [-0.39, 0.29) is 60.5 Å². The molecule has 2 saturated heterocycles. The summed E-state index contributed by atoms with van der Waals surface area (Å²) in [5.41, 5.74) is 3.44. The molecule has 8 aliphatic rings. The van der Waals surface area contributed by atoms with E-state index in [1.807, 2.05) is 12.1 Å². The number of esters is 4. The number of rotatable bonds is 4. The lowest BCUT2D eigenvalue weighted by molar-refractivity contribution is -0.0869. The van der Waals surface area contributed by atoms with Crippen molar-refractivity contribution < 1.29 is 57.1 Å². The molecule has 0 spiro atoms. The Morgan fingerprint density at radius 3 is 1.48 bits per heavy atom. The van der Waals surface area contributed by atoms with Gasteiger partial charge in [-0.15, -0.1) is 0 Å². The molecule has 58 heavy (non-hydrogen) atoms. The highest BCUT2D eigenvalue weighted by atomic mass is 16.7. The summed E-state index contributed by atoms with van der Waals surface area (Å²) >= 11 is 0. The predicted octanol–water partition coefficient (Wildman–Crippen LogP) is 4.30. The van der Waals surface area contributed by atoms with Crippen molar-refractivity contribution in [3.63, 3.8) is 0 Å². The van der Waals surface area contributed by atoms with Crippen LogP contribution in [0, 0.1) is 25.7 Å². The van der Waals surface area contributed by atoms with Crippen molar-refractivity contribution in [3.05, 3.63) is 75.1 Å². The first kappa shape index (κ1) is 35.7. The summed E-state index contributed by atoms with van der Waals surface area (Å²) < 4.78 is 47.4. The molecule has 302 valence electrons. The number of benzene rings is 2. The smallest absolute Gasteiger partial charge is 0.340 e. The van der Waals surface area contributed by atoms with Crippen molar-refractivity contribution >= 4 is 23.9 Å². The normalized spacial score (nSPS) is 32.5. The van der Waals surface area contributed by atoms with Crippen LogP contribution in [-0.2, 0) is 18.9 Å². The molecule has 0 amide bonds. The molecule has 15 nitrogen and oxygen atoms in total. The fourth-order valence-electron chi connectivity index (χ4n) is 11.4. The van der Waals surface area contributed by atoms with Crippen LogP contribution in [0.2, 0.25) is 0 Å². The maximum Gasteiger partial charge on any atom is 0.340 e. The van der Waals surface area contributed by atoms with Gasteiger partial charge in [-0.25, -0.2) is 19.2 Å². The van der Waals surface area contributed by atoms with Gasteiger partial charge in [0.15, 0.2) is 23.0 Å². The van der Waals surface area contributed by atoms with Gasteiger partial charge in [-0.2, -0.15) is 0 Å². The van der Waals surface area contributed by atoms with Crippen LogP contribution in [0.4, 0.5) is 0 Å². The van der Waals surface area contributed by atoms with Crippen molar-refractivity contribution in [1.29, 1.82) is 0 Å². The van der Waals surface area contributed by atoms with Crippen molar-refractivity contribution in [2.75, 3.05) is 40.8 Å². The topological polar surface area (TPSA) is 161 Å². The maximum atomic E-state index is 14.2. The Labute approximate surface area is 333 Å². The second-order valence-electron chi connectivity index (χ2n) is 17.0. The lowest BCUT2D eigenvalue weighted by Crippen LogP contribution is -2.55. The Hall–Kier alpha value is -5.41. The molecule has 2 aliphatic carbocycles. The van der Waals surface area contributed by atoms with Gasteiger partial charge in [0.05, 0.1) is 33.6 Å². The highest BCUT2D eigenvalue weighted by Gasteiger charge is 2.57. The van der Waals surface area contributed by atoms with Crippen LogP contribution in [0.1, 0.15) is 101 Å². The number of carbonyl (C=O) groups excluding carboxylic acids is 4. The third kappa shape index (κ3) is 5.34. The molecule has 0 radical (unpaired) electrons.